The number of benzene rings is 3. The number of amidine groups is 1. The Morgan fingerprint density at radius 2 is 1.72 bits per heavy atom. The lowest BCUT2D eigenvalue weighted by Gasteiger charge is -2.12. The number of nitrogens with zero attached hydrogens (tertiary/aromatic N) is 1. The summed E-state index contributed by atoms with van der Waals surface area (Å²) in [6.07, 6.45) is 1.78. The number of halogens is 2. The highest BCUT2D eigenvalue weighted by atomic mass is 79.9. The molecule has 1 heterocycles. The van der Waals surface area contributed by atoms with E-state index in [0.29, 0.717) is 37.1 Å². The van der Waals surface area contributed by atoms with Crippen LogP contribution in [-0.4, -0.2) is 28.8 Å². The molecule has 3 aromatic carbocycles. The molecule has 3 aromatic rings. The fourth-order valence-electron chi connectivity index (χ4n) is 3.23. The molecule has 1 fully saturated rings. The molecule has 0 bridgehead atoms. The van der Waals surface area contributed by atoms with Crippen molar-refractivity contribution in [3.63, 3.8) is 0 Å². The first-order valence-electron chi connectivity index (χ1n) is 10.8. The van der Waals surface area contributed by atoms with E-state index in [4.69, 9.17) is 14.6 Å². The number of ether oxygens (including phenoxy) is 2. The Hall–Kier alpha value is -3.08. The van der Waals surface area contributed by atoms with Crippen LogP contribution < -0.4 is 14.8 Å². The van der Waals surface area contributed by atoms with Gasteiger partial charge in [-0.2, -0.15) is 0 Å². The summed E-state index contributed by atoms with van der Waals surface area (Å²) in [5.74, 6) is 0.175. The van der Waals surface area contributed by atoms with Crippen molar-refractivity contribution in [2.24, 2.45) is 4.99 Å². The predicted octanol–water partition coefficient (Wildman–Crippen LogP) is 6.78. The zero-order chi connectivity index (χ0) is 25.7. The van der Waals surface area contributed by atoms with Gasteiger partial charge in [0.15, 0.2) is 5.17 Å². The molecule has 4 rings (SSSR count). The topological polar surface area (TPSA) is 97.2 Å². The predicted molar refractivity (Wildman–Crippen MR) is 148 cm³/mol. The summed E-state index contributed by atoms with van der Waals surface area (Å²) in [6.45, 7) is 2.78. The Morgan fingerprint density at radius 1 is 1.06 bits per heavy atom. The lowest BCUT2D eigenvalue weighted by Crippen LogP contribution is -2.19. The minimum Gasteiger partial charge on any atom is -0.494 e. The fraction of sp³-hybridized carbons (Fsp3) is 0.115. The number of carboxylic acids is 1. The first-order valence-corrected chi connectivity index (χ1v) is 13.2. The average Bonchev–Trinajstić information content (AvgIpc) is 3.18. The molecule has 1 aliphatic rings. The van der Waals surface area contributed by atoms with Crippen LogP contribution in [0, 0.1) is 0 Å². The molecule has 1 amide bonds. The monoisotopic (exact) mass is 630 g/mol. The average molecular weight is 632 g/mol. The van der Waals surface area contributed by atoms with Gasteiger partial charge in [-0.05, 0) is 116 Å². The number of hydrogen-bond acceptors (Lipinski definition) is 6. The van der Waals surface area contributed by atoms with E-state index in [1.807, 2.05) is 43.3 Å². The van der Waals surface area contributed by atoms with Gasteiger partial charge >= 0.3 is 5.97 Å². The Morgan fingerprint density at radius 3 is 2.33 bits per heavy atom. The summed E-state index contributed by atoms with van der Waals surface area (Å²) in [5, 5.41) is 12.3. The second-order valence-electron chi connectivity index (χ2n) is 7.51. The van der Waals surface area contributed by atoms with Gasteiger partial charge in [0.1, 0.15) is 18.1 Å². The number of carbonyl (C=O) groups is 2. The number of carbonyl (C=O) groups excluding carboxylic acids is 1. The Kier molecular flexibility index (Phi) is 8.50. The lowest BCUT2D eigenvalue weighted by atomic mass is 10.1. The maximum Gasteiger partial charge on any atom is 0.335 e. The van der Waals surface area contributed by atoms with Crippen molar-refractivity contribution in [1.29, 1.82) is 0 Å². The van der Waals surface area contributed by atoms with E-state index >= 15 is 0 Å². The molecule has 0 aliphatic carbocycles. The van der Waals surface area contributed by atoms with Gasteiger partial charge in [0.25, 0.3) is 5.91 Å². The van der Waals surface area contributed by atoms with E-state index in [1.165, 1.54) is 23.9 Å². The van der Waals surface area contributed by atoms with Gasteiger partial charge in [-0.3, -0.25) is 4.79 Å². The Balaban J connectivity index is 1.45. The zero-order valence-corrected chi connectivity index (χ0v) is 22.9. The molecule has 0 atom stereocenters. The molecule has 1 saturated heterocycles. The van der Waals surface area contributed by atoms with E-state index in [0.717, 1.165) is 16.9 Å². The molecule has 10 heteroatoms. The number of rotatable bonds is 8. The molecule has 0 unspecified atom stereocenters. The molecule has 184 valence electrons. The normalized spacial score (nSPS) is 15.2. The lowest BCUT2D eigenvalue weighted by molar-refractivity contribution is -0.115. The molecule has 7 nitrogen and oxygen atoms in total. The molecule has 0 aromatic heterocycles. The van der Waals surface area contributed by atoms with Gasteiger partial charge in [0.05, 0.1) is 31.7 Å². The third kappa shape index (κ3) is 6.57. The Bertz CT molecular complexity index is 1330. The third-order valence-electron chi connectivity index (χ3n) is 4.93. The maximum absolute atomic E-state index is 12.5. The minimum atomic E-state index is -0.971. The van der Waals surface area contributed by atoms with Crippen molar-refractivity contribution in [2.45, 2.75) is 13.5 Å². The van der Waals surface area contributed by atoms with Crippen LogP contribution in [-0.2, 0) is 11.4 Å². The highest BCUT2D eigenvalue weighted by Crippen LogP contribution is 2.37. The van der Waals surface area contributed by atoms with Gasteiger partial charge in [-0.1, -0.05) is 12.1 Å². The summed E-state index contributed by atoms with van der Waals surface area (Å²) in [5.41, 5.74) is 2.57. The second-order valence-corrected chi connectivity index (χ2v) is 10.3. The van der Waals surface area contributed by atoms with Crippen molar-refractivity contribution in [3.05, 3.63) is 91.2 Å². The number of hydrogen-bond donors (Lipinski definition) is 2. The first-order chi connectivity index (χ1) is 17.3. The molecule has 0 spiro atoms. The fourth-order valence-corrected chi connectivity index (χ4v) is 5.53. The van der Waals surface area contributed by atoms with Crippen LogP contribution in [0.15, 0.2) is 79.5 Å². The van der Waals surface area contributed by atoms with E-state index in [2.05, 4.69) is 42.2 Å². The van der Waals surface area contributed by atoms with Crippen molar-refractivity contribution < 1.29 is 24.2 Å². The van der Waals surface area contributed by atoms with Crippen molar-refractivity contribution >= 4 is 72.4 Å². The molecular weight excluding hydrogens is 612 g/mol. The minimum absolute atomic E-state index is 0.220. The van der Waals surface area contributed by atoms with Crippen LogP contribution in [0.5, 0.6) is 11.5 Å². The number of thioether (sulfide) groups is 1. The van der Waals surface area contributed by atoms with E-state index in [9.17, 15) is 9.59 Å². The van der Waals surface area contributed by atoms with Crippen molar-refractivity contribution in [1.82, 2.24) is 5.32 Å². The first kappa shape index (κ1) is 26.0. The van der Waals surface area contributed by atoms with E-state index in [-0.39, 0.29) is 18.1 Å². The maximum atomic E-state index is 12.5. The molecule has 0 radical (unpaired) electrons. The second kappa shape index (κ2) is 11.8. The quantitative estimate of drug-likeness (QED) is 0.266. The summed E-state index contributed by atoms with van der Waals surface area (Å²) >= 11 is 8.34. The van der Waals surface area contributed by atoms with Crippen LogP contribution in [0.3, 0.4) is 0 Å². The third-order valence-corrected chi connectivity index (χ3v) is 7.02. The molecule has 2 N–H and O–H groups in total. The van der Waals surface area contributed by atoms with Crippen LogP contribution >= 0.6 is 43.6 Å². The molecule has 36 heavy (non-hydrogen) atoms. The standard InChI is InChI=1S/C26H20Br2N2O5S/c1-2-34-19-9-7-18(8-10-19)29-26-30-24(31)22(36-26)13-16-11-20(27)23(21(28)12-16)35-14-15-3-5-17(6-4-15)25(32)33/h3-13H,2,14H2,1H3,(H,32,33)(H,29,30,31)/b22-13+. The number of aliphatic imine (C=N–C) groups is 1. The summed E-state index contributed by atoms with van der Waals surface area (Å²) in [4.78, 5) is 28.5. The van der Waals surface area contributed by atoms with E-state index < -0.39 is 5.97 Å². The number of amides is 1. The van der Waals surface area contributed by atoms with Gasteiger partial charge in [0, 0.05) is 0 Å². The smallest absolute Gasteiger partial charge is 0.335 e. The zero-order valence-electron chi connectivity index (χ0n) is 19.0. The number of carboxylic acid groups (broad SMARTS) is 1. The Labute approximate surface area is 228 Å². The van der Waals surface area contributed by atoms with Gasteiger partial charge in [-0.25, -0.2) is 9.79 Å². The SMILES string of the molecule is CCOc1ccc(N=C2NC(=O)/C(=C\c3cc(Br)c(OCc4ccc(C(=O)O)cc4)c(Br)c3)S2)cc1. The van der Waals surface area contributed by atoms with Crippen molar-refractivity contribution in [3.8, 4) is 11.5 Å². The van der Waals surface area contributed by atoms with E-state index in [1.54, 1.807) is 18.2 Å². The van der Waals surface area contributed by atoms with Crippen LogP contribution in [0.2, 0.25) is 0 Å². The van der Waals surface area contributed by atoms with Crippen molar-refractivity contribution in [2.75, 3.05) is 6.61 Å². The molecular formula is C26H20Br2N2O5S. The van der Waals surface area contributed by atoms with Gasteiger partial charge in [-0.15, -0.1) is 0 Å². The number of nitrogens with one attached hydrogen (secondary N) is 1. The highest BCUT2D eigenvalue weighted by Gasteiger charge is 2.24. The van der Waals surface area contributed by atoms with Crippen LogP contribution in [0.4, 0.5) is 5.69 Å². The summed E-state index contributed by atoms with van der Waals surface area (Å²) in [6, 6.07) is 17.6. The molecule has 0 saturated carbocycles. The largest absolute Gasteiger partial charge is 0.494 e. The summed E-state index contributed by atoms with van der Waals surface area (Å²) < 4.78 is 12.8. The van der Waals surface area contributed by atoms with Crippen LogP contribution in [0.25, 0.3) is 6.08 Å². The molecule has 1 aliphatic heterocycles. The van der Waals surface area contributed by atoms with Gasteiger partial charge < -0.3 is 19.9 Å². The van der Waals surface area contributed by atoms with Crippen LogP contribution in [0.1, 0.15) is 28.4 Å². The highest BCUT2D eigenvalue weighted by molar-refractivity contribution is 9.11. The number of aromatic carboxylic acids is 1. The van der Waals surface area contributed by atoms with Gasteiger partial charge in [0.2, 0.25) is 0 Å². The summed E-state index contributed by atoms with van der Waals surface area (Å²) in [7, 11) is 0.